The van der Waals surface area contributed by atoms with Crippen LogP contribution in [0.3, 0.4) is 0 Å². The van der Waals surface area contributed by atoms with Gasteiger partial charge in [-0.2, -0.15) is 11.8 Å². The normalized spacial score (nSPS) is 19.2. The molecular weight excluding hydrogens is 356 g/mol. The molecule has 1 saturated heterocycles. The molecule has 8 heteroatoms. The van der Waals surface area contributed by atoms with Gasteiger partial charge in [0.05, 0.1) is 12.6 Å². The highest BCUT2D eigenvalue weighted by Crippen LogP contribution is 2.19. The molecule has 0 unspecified atom stereocenters. The number of amides is 1. The van der Waals surface area contributed by atoms with Gasteiger partial charge in [0.2, 0.25) is 5.91 Å². The fourth-order valence-electron chi connectivity index (χ4n) is 2.99. The number of ether oxygens (including phenoxy) is 1. The number of aliphatic carboxylic acids is 1. The lowest BCUT2D eigenvalue weighted by atomic mass is 10.2. The minimum atomic E-state index is -0.975. The van der Waals surface area contributed by atoms with Crippen molar-refractivity contribution in [1.29, 1.82) is 0 Å². The van der Waals surface area contributed by atoms with Gasteiger partial charge in [-0.05, 0) is 38.9 Å². The van der Waals surface area contributed by atoms with Gasteiger partial charge < -0.3 is 14.7 Å². The minimum Gasteiger partial charge on any atom is -0.480 e. The zero-order chi connectivity index (χ0) is 19.5. The van der Waals surface area contributed by atoms with Crippen LogP contribution in [0, 0.1) is 0 Å². The molecule has 1 heterocycles. The van der Waals surface area contributed by atoms with Gasteiger partial charge in [-0.1, -0.05) is 19.8 Å². The summed E-state index contributed by atoms with van der Waals surface area (Å²) in [6.45, 7) is 6.29. The summed E-state index contributed by atoms with van der Waals surface area (Å²) in [4.78, 5) is 37.5. The number of nitrogens with one attached hydrogen (secondary N) is 1. The summed E-state index contributed by atoms with van der Waals surface area (Å²) in [7, 11) is 0. The molecule has 1 rings (SSSR count). The van der Waals surface area contributed by atoms with Gasteiger partial charge in [0.1, 0.15) is 12.1 Å². The van der Waals surface area contributed by atoms with Crippen LogP contribution in [-0.2, 0) is 19.1 Å². The number of hydrogen-bond acceptors (Lipinski definition) is 6. The summed E-state index contributed by atoms with van der Waals surface area (Å²) in [6.07, 6.45) is 4.56. The summed E-state index contributed by atoms with van der Waals surface area (Å²) in [6, 6.07) is -1.98. The van der Waals surface area contributed by atoms with Crippen molar-refractivity contribution >= 4 is 29.6 Å². The Hall–Kier alpha value is -1.28. The van der Waals surface area contributed by atoms with E-state index >= 15 is 0 Å². The predicted octanol–water partition coefficient (Wildman–Crippen LogP) is 1.90. The van der Waals surface area contributed by atoms with Gasteiger partial charge in [-0.15, -0.1) is 0 Å². The second-order valence-corrected chi connectivity index (χ2v) is 7.65. The average molecular weight is 389 g/mol. The molecule has 0 aromatic heterocycles. The van der Waals surface area contributed by atoms with Gasteiger partial charge in [0.25, 0.3) is 0 Å². The van der Waals surface area contributed by atoms with Crippen LogP contribution in [0.25, 0.3) is 0 Å². The Morgan fingerprint density at radius 1 is 1.31 bits per heavy atom. The number of carboxylic acid groups (broad SMARTS) is 1. The maximum absolute atomic E-state index is 12.6. The number of carboxylic acids is 1. The number of nitrogens with zero attached hydrogens (tertiary/aromatic N) is 1. The Bertz CT molecular complexity index is 474. The summed E-state index contributed by atoms with van der Waals surface area (Å²) >= 11 is 1.66. The Morgan fingerprint density at radius 3 is 2.65 bits per heavy atom. The third-order valence-corrected chi connectivity index (χ3v) is 5.54. The number of likely N-dealkylation sites (tertiary alicyclic amines) is 1. The number of carbonyl (C=O) groups excluding carboxylic acids is 2. The lowest BCUT2D eigenvalue weighted by Crippen LogP contribution is -2.54. The van der Waals surface area contributed by atoms with Crippen molar-refractivity contribution in [3.8, 4) is 0 Å². The molecular formula is C18H32N2O5S. The van der Waals surface area contributed by atoms with E-state index in [0.717, 1.165) is 25.0 Å². The average Bonchev–Trinajstić information content (AvgIpc) is 3.09. The molecule has 0 bridgehead atoms. The smallest absolute Gasteiger partial charge is 0.326 e. The predicted molar refractivity (Wildman–Crippen MR) is 102 cm³/mol. The number of hydrogen-bond donors (Lipinski definition) is 2. The Balaban J connectivity index is 2.62. The van der Waals surface area contributed by atoms with E-state index in [1.807, 2.05) is 0 Å². The molecule has 0 radical (unpaired) electrons. The van der Waals surface area contributed by atoms with Crippen LogP contribution in [0.2, 0.25) is 0 Å². The molecule has 1 aliphatic heterocycles. The quantitative estimate of drug-likeness (QED) is 0.389. The van der Waals surface area contributed by atoms with Gasteiger partial charge in [-0.3, -0.25) is 14.9 Å². The second-order valence-electron chi connectivity index (χ2n) is 6.50. The van der Waals surface area contributed by atoms with Crippen LogP contribution < -0.4 is 5.32 Å². The first kappa shape index (κ1) is 22.8. The molecule has 1 fully saturated rings. The minimum absolute atomic E-state index is 0.278. The van der Waals surface area contributed by atoms with E-state index in [2.05, 4.69) is 12.2 Å². The SMILES string of the molecule is CCCCCSC[C@H](N[C@@H](C)C(=O)N1CCC[C@H]1C(=O)O)C(=O)OCC. The van der Waals surface area contributed by atoms with E-state index in [1.165, 1.54) is 4.90 Å². The fourth-order valence-corrected chi connectivity index (χ4v) is 4.03. The third kappa shape index (κ3) is 7.15. The number of unbranched alkanes of at least 4 members (excludes halogenated alkanes) is 2. The van der Waals surface area contributed by atoms with Gasteiger partial charge in [0, 0.05) is 12.3 Å². The molecule has 26 heavy (non-hydrogen) atoms. The van der Waals surface area contributed by atoms with Crippen molar-refractivity contribution < 1.29 is 24.2 Å². The summed E-state index contributed by atoms with van der Waals surface area (Å²) in [5.41, 5.74) is 0. The molecule has 0 aromatic carbocycles. The summed E-state index contributed by atoms with van der Waals surface area (Å²) in [5.74, 6) is -0.133. The topological polar surface area (TPSA) is 95.9 Å². The van der Waals surface area contributed by atoms with E-state index in [4.69, 9.17) is 4.74 Å². The lowest BCUT2D eigenvalue weighted by molar-refractivity contribution is -0.150. The van der Waals surface area contributed by atoms with Crippen molar-refractivity contribution in [2.75, 3.05) is 24.7 Å². The van der Waals surface area contributed by atoms with E-state index < -0.39 is 24.1 Å². The second kappa shape index (κ2) is 12.2. The number of rotatable bonds is 12. The van der Waals surface area contributed by atoms with Crippen molar-refractivity contribution in [2.24, 2.45) is 0 Å². The lowest BCUT2D eigenvalue weighted by Gasteiger charge is -2.27. The zero-order valence-corrected chi connectivity index (χ0v) is 16.8. The van der Waals surface area contributed by atoms with Gasteiger partial charge >= 0.3 is 11.9 Å². The van der Waals surface area contributed by atoms with Crippen LogP contribution in [0.4, 0.5) is 0 Å². The molecule has 2 N–H and O–H groups in total. The summed E-state index contributed by atoms with van der Waals surface area (Å²) in [5, 5.41) is 12.3. The van der Waals surface area contributed by atoms with E-state index in [1.54, 1.807) is 25.6 Å². The molecule has 1 amide bonds. The number of thioether (sulfide) groups is 1. The Morgan fingerprint density at radius 2 is 2.04 bits per heavy atom. The Labute approximate surface area is 160 Å². The number of esters is 1. The fraction of sp³-hybridized carbons (Fsp3) is 0.833. The van der Waals surface area contributed by atoms with Crippen LogP contribution >= 0.6 is 11.8 Å². The van der Waals surface area contributed by atoms with Crippen molar-refractivity contribution in [3.05, 3.63) is 0 Å². The van der Waals surface area contributed by atoms with E-state index in [-0.39, 0.29) is 18.5 Å². The highest BCUT2D eigenvalue weighted by molar-refractivity contribution is 7.99. The maximum Gasteiger partial charge on any atom is 0.326 e. The summed E-state index contributed by atoms with van der Waals surface area (Å²) < 4.78 is 5.11. The van der Waals surface area contributed by atoms with Crippen LogP contribution in [0.5, 0.6) is 0 Å². The largest absolute Gasteiger partial charge is 0.480 e. The van der Waals surface area contributed by atoms with Crippen LogP contribution in [0.15, 0.2) is 0 Å². The van der Waals surface area contributed by atoms with E-state index in [9.17, 15) is 19.5 Å². The highest BCUT2D eigenvalue weighted by atomic mass is 32.2. The first-order valence-electron chi connectivity index (χ1n) is 9.46. The van der Waals surface area contributed by atoms with Gasteiger partial charge in [-0.25, -0.2) is 4.79 Å². The molecule has 7 nitrogen and oxygen atoms in total. The van der Waals surface area contributed by atoms with Crippen LogP contribution in [0.1, 0.15) is 52.9 Å². The standard InChI is InChI=1S/C18H32N2O5S/c1-4-6-7-11-26-12-14(18(24)25-5-2)19-13(3)16(21)20-10-8-9-15(20)17(22)23/h13-15,19H,4-12H2,1-3H3,(H,22,23)/t13-,14-,15-/m0/s1. The van der Waals surface area contributed by atoms with E-state index in [0.29, 0.717) is 25.1 Å². The van der Waals surface area contributed by atoms with Crippen molar-refractivity contribution in [3.63, 3.8) is 0 Å². The van der Waals surface area contributed by atoms with Crippen molar-refractivity contribution in [1.82, 2.24) is 10.2 Å². The molecule has 0 aromatic rings. The molecule has 0 saturated carbocycles. The molecule has 150 valence electrons. The van der Waals surface area contributed by atoms with Crippen molar-refractivity contribution in [2.45, 2.75) is 71.0 Å². The molecule has 0 spiro atoms. The molecule has 3 atom stereocenters. The first-order valence-corrected chi connectivity index (χ1v) is 10.6. The zero-order valence-electron chi connectivity index (χ0n) is 16.0. The monoisotopic (exact) mass is 388 g/mol. The maximum atomic E-state index is 12.6. The number of carbonyl (C=O) groups is 3. The van der Waals surface area contributed by atoms with Crippen LogP contribution in [-0.4, -0.2) is 70.6 Å². The molecule has 1 aliphatic rings. The van der Waals surface area contributed by atoms with Gasteiger partial charge in [0.15, 0.2) is 0 Å². The molecule has 0 aliphatic carbocycles. The highest BCUT2D eigenvalue weighted by Gasteiger charge is 2.36. The first-order chi connectivity index (χ1) is 12.4. The third-order valence-electron chi connectivity index (χ3n) is 4.39. The Kier molecular flexibility index (Phi) is 10.7.